The summed E-state index contributed by atoms with van der Waals surface area (Å²) in [5, 5.41) is 0.689. The lowest BCUT2D eigenvalue weighted by molar-refractivity contribution is 0.265. The second kappa shape index (κ2) is 6.53. The van der Waals surface area contributed by atoms with Crippen molar-refractivity contribution in [2.45, 2.75) is 13.5 Å². The normalized spacial score (nSPS) is 10.2. The maximum absolute atomic E-state index is 5.96. The Labute approximate surface area is 124 Å². The van der Waals surface area contributed by atoms with Gasteiger partial charge in [-0.3, -0.25) is 0 Å². The average Bonchev–Trinajstić information content (AvgIpc) is 2.45. The standard InChI is InChI=1S/C16H17ClO3/c1-11-7-14(18-2)16(15(8-11)19-3)20-10-12-5-4-6-13(17)9-12/h4-9H,10H2,1-3H3. The molecule has 0 radical (unpaired) electrons. The summed E-state index contributed by atoms with van der Waals surface area (Å²) in [4.78, 5) is 0. The number of rotatable bonds is 5. The Morgan fingerprint density at radius 2 is 1.65 bits per heavy atom. The number of hydrogen-bond donors (Lipinski definition) is 0. The summed E-state index contributed by atoms with van der Waals surface area (Å²) in [7, 11) is 3.22. The molecule has 0 aromatic heterocycles. The Kier molecular flexibility index (Phi) is 4.74. The summed E-state index contributed by atoms with van der Waals surface area (Å²) in [5.74, 6) is 1.91. The molecule has 0 unspecified atom stereocenters. The smallest absolute Gasteiger partial charge is 0.203 e. The van der Waals surface area contributed by atoms with Gasteiger partial charge in [0.25, 0.3) is 0 Å². The molecule has 2 aromatic carbocycles. The van der Waals surface area contributed by atoms with Crippen LogP contribution >= 0.6 is 11.6 Å². The molecule has 0 fully saturated rings. The van der Waals surface area contributed by atoms with Crippen molar-refractivity contribution in [2.75, 3.05) is 14.2 Å². The molecule has 0 bridgehead atoms. The third-order valence-corrected chi connectivity index (χ3v) is 3.11. The number of benzene rings is 2. The molecular weight excluding hydrogens is 276 g/mol. The zero-order chi connectivity index (χ0) is 14.5. The molecule has 0 spiro atoms. The number of aryl methyl sites for hydroxylation is 1. The van der Waals surface area contributed by atoms with Crippen molar-refractivity contribution in [3.8, 4) is 17.2 Å². The van der Waals surface area contributed by atoms with Gasteiger partial charge in [0.1, 0.15) is 6.61 Å². The summed E-state index contributed by atoms with van der Waals surface area (Å²) < 4.78 is 16.5. The predicted molar refractivity (Wildman–Crippen MR) is 80.1 cm³/mol. The van der Waals surface area contributed by atoms with E-state index in [4.69, 9.17) is 25.8 Å². The first kappa shape index (κ1) is 14.5. The van der Waals surface area contributed by atoms with E-state index in [0.717, 1.165) is 11.1 Å². The van der Waals surface area contributed by atoms with Gasteiger partial charge >= 0.3 is 0 Å². The molecule has 2 aromatic rings. The first-order valence-electron chi connectivity index (χ1n) is 6.24. The first-order chi connectivity index (χ1) is 9.63. The number of halogens is 1. The highest BCUT2D eigenvalue weighted by molar-refractivity contribution is 6.30. The third kappa shape index (κ3) is 3.36. The van der Waals surface area contributed by atoms with E-state index in [-0.39, 0.29) is 0 Å². The minimum absolute atomic E-state index is 0.399. The van der Waals surface area contributed by atoms with Gasteiger partial charge in [-0.1, -0.05) is 23.7 Å². The van der Waals surface area contributed by atoms with Crippen molar-refractivity contribution in [1.82, 2.24) is 0 Å². The van der Waals surface area contributed by atoms with E-state index in [1.807, 2.05) is 43.3 Å². The zero-order valence-electron chi connectivity index (χ0n) is 11.8. The molecule has 0 saturated heterocycles. The van der Waals surface area contributed by atoms with Crippen LogP contribution < -0.4 is 14.2 Å². The predicted octanol–water partition coefficient (Wildman–Crippen LogP) is 4.24. The molecule has 0 atom stereocenters. The van der Waals surface area contributed by atoms with Crippen molar-refractivity contribution in [3.63, 3.8) is 0 Å². The Morgan fingerprint density at radius 3 is 2.20 bits per heavy atom. The Hall–Kier alpha value is -1.87. The molecule has 2 rings (SSSR count). The lowest BCUT2D eigenvalue weighted by Gasteiger charge is -2.15. The maximum atomic E-state index is 5.96. The van der Waals surface area contributed by atoms with Gasteiger partial charge in [0.15, 0.2) is 11.5 Å². The Morgan fingerprint density at radius 1 is 1.00 bits per heavy atom. The van der Waals surface area contributed by atoms with Crippen LogP contribution in [0.1, 0.15) is 11.1 Å². The van der Waals surface area contributed by atoms with Gasteiger partial charge in [0.05, 0.1) is 14.2 Å². The van der Waals surface area contributed by atoms with Crippen LogP contribution in [0.5, 0.6) is 17.2 Å². The van der Waals surface area contributed by atoms with E-state index in [9.17, 15) is 0 Å². The van der Waals surface area contributed by atoms with Gasteiger partial charge in [0.2, 0.25) is 5.75 Å². The van der Waals surface area contributed by atoms with Gasteiger partial charge in [-0.25, -0.2) is 0 Å². The van der Waals surface area contributed by atoms with Crippen molar-refractivity contribution >= 4 is 11.6 Å². The SMILES string of the molecule is COc1cc(C)cc(OC)c1OCc1cccc(Cl)c1. The van der Waals surface area contributed by atoms with Gasteiger partial charge < -0.3 is 14.2 Å². The molecule has 0 saturated carbocycles. The van der Waals surface area contributed by atoms with E-state index >= 15 is 0 Å². The van der Waals surface area contributed by atoms with Crippen molar-refractivity contribution in [3.05, 3.63) is 52.5 Å². The van der Waals surface area contributed by atoms with Gasteiger partial charge in [-0.05, 0) is 42.3 Å². The molecule has 0 amide bonds. The molecule has 0 N–H and O–H groups in total. The largest absolute Gasteiger partial charge is 0.493 e. The molecule has 4 heteroatoms. The third-order valence-electron chi connectivity index (χ3n) is 2.88. The van der Waals surface area contributed by atoms with Crippen LogP contribution in [0, 0.1) is 6.92 Å². The number of methoxy groups -OCH3 is 2. The van der Waals surface area contributed by atoms with Crippen LogP contribution in [0.3, 0.4) is 0 Å². The average molecular weight is 293 g/mol. The van der Waals surface area contributed by atoms with E-state index in [2.05, 4.69) is 0 Å². The lowest BCUT2D eigenvalue weighted by atomic mass is 10.2. The summed E-state index contributed by atoms with van der Waals surface area (Å²) in [6.45, 7) is 2.38. The van der Waals surface area contributed by atoms with Crippen molar-refractivity contribution in [1.29, 1.82) is 0 Å². The molecule has 0 aliphatic rings. The van der Waals surface area contributed by atoms with Crippen LogP contribution in [-0.2, 0) is 6.61 Å². The van der Waals surface area contributed by atoms with Crippen LogP contribution in [0.2, 0.25) is 5.02 Å². The molecule has 3 nitrogen and oxygen atoms in total. The zero-order valence-corrected chi connectivity index (χ0v) is 12.5. The lowest BCUT2D eigenvalue weighted by Crippen LogP contribution is -2.00. The van der Waals surface area contributed by atoms with E-state index < -0.39 is 0 Å². The molecule has 0 heterocycles. The summed E-state index contributed by atoms with van der Waals surface area (Å²) in [6.07, 6.45) is 0. The van der Waals surface area contributed by atoms with Gasteiger partial charge in [-0.2, -0.15) is 0 Å². The highest BCUT2D eigenvalue weighted by Crippen LogP contribution is 2.38. The summed E-state index contributed by atoms with van der Waals surface area (Å²) in [5.41, 5.74) is 2.04. The highest BCUT2D eigenvalue weighted by Gasteiger charge is 2.13. The second-order valence-corrected chi connectivity index (χ2v) is 4.85. The fourth-order valence-electron chi connectivity index (χ4n) is 1.94. The van der Waals surface area contributed by atoms with E-state index in [1.165, 1.54) is 0 Å². The highest BCUT2D eigenvalue weighted by atomic mass is 35.5. The molecule has 0 aliphatic heterocycles. The minimum Gasteiger partial charge on any atom is -0.493 e. The van der Waals surface area contributed by atoms with E-state index in [1.54, 1.807) is 14.2 Å². The second-order valence-electron chi connectivity index (χ2n) is 4.42. The van der Waals surface area contributed by atoms with Crippen molar-refractivity contribution in [2.24, 2.45) is 0 Å². The topological polar surface area (TPSA) is 27.7 Å². The van der Waals surface area contributed by atoms with Crippen LogP contribution in [0.25, 0.3) is 0 Å². The fourth-order valence-corrected chi connectivity index (χ4v) is 2.15. The summed E-state index contributed by atoms with van der Waals surface area (Å²) >= 11 is 5.96. The van der Waals surface area contributed by atoms with Gasteiger partial charge in [-0.15, -0.1) is 0 Å². The molecule has 20 heavy (non-hydrogen) atoms. The Bertz CT molecular complexity index is 571. The number of hydrogen-bond acceptors (Lipinski definition) is 3. The Balaban J connectivity index is 2.24. The van der Waals surface area contributed by atoms with Crippen molar-refractivity contribution < 1.29 is 14.2 Å². The molecular formula is C16H17ClO3. The quantitative estimate of drug-likeness (QED) is 0.825. The van der Waals surface area contributed by atoms with Gasteiger partial charge in [0, 0.05) is 5.02 Å². The van der Waals surface area contributed by atoms with Crippen LogP contribution in [0.15, 0.2) is 36.4 Å². The van der Waals surface area contributed by atoms with E-state index in [0.29, 0.717) is 28.9 Å². The number of ether oxygens (including phenoxy) is 3. The van der Waals surface area contributed by atoms with Crippen LogP contribution in [-0.4, -0.2) is 14.2 Å². The first-order valence-corrected chi connectivity index (χ1v) is 6.61. The molecule has 106 valence electrons. The van der Waals surface area contributed by atoms with Crippen LogP contribution in [0.4, 0.5) is 0 Å². The fraction of sp³-hybridized carbons (Fsp3) is 0.250. The monoisotopic (exact) mass is 292 g/mol. The molecule has 0 aliphatic carbocycles. The summed E-state index contributed by atoms with van der Waals surface area (Å²) in [6, 6.07) is 11.4. The minimum atomic E-state index is 0.399. The maximum Gasteiger partial charge on any atom is 0.203 e.